The summed E-state index contributed by atoms with van der Waals surface area (Å²) in [5, 5.41) is 5.82. The number of anilines is 1. The molecule has 1 amide bonds. The summed E-state index contributed by atoms with van der Waals surface area (Å²) in [5.74, 6) is 1.17. The normalized spacial score (nSPS) is 9.80. The van der Waals surface area contributed by atoms with Gasteiger partial charge >= 0.3 is 0 Å². The summed E-state index contributed by atoms with van der Waals surface area (Å²) in [7, 11) is 0. The van der Waals surface area contributed by atoms with Crippen LogP contribution >= 0.6 is 12.2 Å². The van der Waals surface area contributed by atoms with Gasteiger partial charge in [-0.2, -0.15) is 0 Å². The molecule has 0 aromatic heterocycles. The molecule has 0 aliphatic rings. The van der Waals surface area contributed by atoms with Crippen LogP contribution in [-0.2, 0) is 0 Å². The van der Waals surface area contributed by atoms with Crippen molar-refractivity contribution < 1.29 is 14.3 Å². The van der Waals surface area contributed by atoms with Crippen molar-refractivity contribution in [2.24, 2.45) is 0 Å². The van der Waals surface area contributed by atoms with Crippen molar-refractivity contribution in [2.45, 2.75) is 6.92 Å². The van der Waals surface area contributed by atoms with E-state index in [0.717, 1.165) is 17.2 Å². The predicted octanol–water partition coefficient (Wildman–Crippen LogP) is 3.78. The van der Waals surface area contributed by atoms with Crippen LogP contribution in [0.3, 0.4) is 0 Å². The molecular formula is C19H20N2O3S. The maximum absolute atomic E-state index is 12.2. The number of carbonyl (C=O) groups excluding carboxylic acids is 1. The zero-order valence-electron chi connectivity index (χ0n) is 14.0. The van der Waals surface area contributed by atoms with E-state index in [-0.39, 0.29) is 11.0 Å². The molecule has 2 rings (SSSR count). The summed E-state index contributed by atoms with van der Waals surface area (Å²) in [6.45, 7) is 6.53. The van der Waals surface area contributed by atoms with Crippen molar-refractivity contribution in [3.8, 4) is 11.5 Å². The minimum Gasteiger partial charge on any atom is -0.494 e. The van der Waals surface area contributed by atoms with Gasteiger partial charge in [-0.25, -0.2) is 0 Å². The molecule has 130 valence electrons. The number of hydrogen-bond acceptors (Lipinski definition) is 4. The van der Waals surface area contributed by atoms with E-state index in [1.807, 2.05) is 31.2 Å². The topological polar surface area (TPSA) is 59.6 Å². The van der Waals surface area contributed by atoms with Gasteiger partial charge in [0, 0.05) is 11.3 Å². The third kappa shape index (κ3) is 5.93. The Bertz CT molecular complexity index is 727. The van der Waals surface area contributed by atoms with Crippen LogP contribution in [0.2, 0.25) is 0 Å². The molecule has 0 saturated heterocycles. The molecule has 0 radical (unpaired) electrons. The third-order valence-electron chi connectivity index (χ3n) is 3.13. The molecule has 0 heterocycles. The van der Waals surface area contributed by atoms with E-state index in [9.17, 15) is 4.79 Å². The Morgan fingerprint density at radius 2 is 1.68 bits per heavy atom. The molecule has 6 heteroatoms. The average molecular weight is 356 g/mol. The van der Waals surface area contributed by atoms with Gasteiger partial charge in [0.15, 0.2) is 5.11 Å². The fourth-order valence-corrected chi connectivity index (χ4v) is 2.21. The number of thiocarbonyl (C=S) groups is 1. The largest absolute Gasteiger partial charge is 0.494 e. The average Bonchev–Trinajstić information content (AvgIpc) is 2.62. The number of nitrogens with one attached hydrogen (secondary N) is 2. The molecule has 25 heavy (non-hydrogen) atoms. The molecule has 2 aromatic carbocycles. The molecule has 0 aliphatic carbocycles. The van der Waals surface area contributed by atoms with Crippen LogP contribution in [0.5, 0.6) is 11.5 Å². The maximum Gasteiger partial charge on any atom is 0.257 e. The van der Waals surface area contributed by atoms with Crippen molar-refractivity contribution in [3.63, 3.8) is 0 Å². The van der Waals surface area contributed by atoms with Gasteiger partial charge in [-0.3, -0.25) is 10.1 Å². The summed E-state index contributed by atoms with van der Waals surface area (Å²) in [6.07, 6.45) is 1.68. The first-order valence-corrected chi connectivity index (χ1v) is 8.22. The van der Waals surface area contributed by atoms with Gasteiger partial charge in [0.1, 0.15) is 18.1 Å². The lowest BCUT2D eigenvalue weighted by atomic mass is 10.2. The highest BCUT2D eigenvalue weighted by molar-refractivity contribution is 7.80. The molecule has 0 aliphatic heterocycles. The predicted molar refractivity (Wildman–Crippen MR) is 103 cm³/mol. The van der Waals surface area contributed by atoms with Crippen molar-refractivity contribution in [2.75, 3.05) is 18.5 Å². The van der Waals surface area contributed by atoms with Crippen molar-refractivity contribution in [1.82, 2.24) is 5.32 Å². The van der Waals surface area contributed by atoms with E-state index in [0.29, 0.717) is 18.8 Å². The standard InChI is InChI=1S/C19H20N2O3S/c1-3-13-24-17-11-7-15(8-12-17)20-19(25)21-18(22)14-5-9-16(10-6-14)23-4-2/h3,5-12H,1,4,13H2,2H3,(H2,20,21,22,25). The third-order valence-corrected chi connectivity index (χ3v) is 3.34. The molecular weight excluding hydrogens is 336 g/mol. The minimum absolute atomic E-state index is 0.221. The minimum atomic E-state index is -0.286. The van der Waals surface area contributed by atoms with Crippen LogP contribution in [0.4, 0.5) is 5.69 Å². The Kier molecular flexibility index (Phi) is 6.98. The fraction of sp³-hybridized carbons (Fsp3) is 0.158. The highest BCUT2D eigenvalue weighted by atomic mass is 32.1. The first kappa shape index (κ1) is 18.5. The van der Waals surface area contributed by atoms with Gasteiger partial charge in [0.2, 0.25) is 0 Å². The molecule has 5 nitrogen and oxygen atoms in total. The number of hydrogen-bond donors (Lipinski definition) is 2. The zero-order valence-corrected chi connectivity index (χ0v) is 14.8. The maximum atomic E-state index is 12.2. The van der Waals surface area contributed by atoms with E-state index >= 15 is 0 Å². The number of ether oxygens (including phenoxy) is 2. The SMILES string of the molecule is C=CCOc1ccc(NC(=S)NC(=O)c2ccc(OCC)cc2)cc1. The van der Waals surface area contributed by atoms with Crippen LogP contribution in [0.15, 0.2) is 61.2 Å². The fourth-order valence-electron chi connectivity index (χ4n) is 2.00. The van der Waals surface area contributed by atoms with E-state index in [2.05, 4.69) is 17.2 Å². The van der Waals surface area contributed by atoms with E-state index < -0.39 is 0 Å². The van der Waals surface area contributed by atoms with Crippen LogP contribution in [0, 0.1) is 0 Å². The lowest BCUT2D eigenvalue weighted by molar-refractivity contribution is 0.0977. The first-order chi connectivity index (χ1) is 12.1. The van der Waals surface area contributed by atoms with Crippen LogP contribution < -0.4 is 20.1 Å². The number of amides is 1. The van der Waals surface area contributed by atoms with Crippen LogP contribution in [-0.4, -0.2) is 24.2 Å². The monoisotopic (exact) mass is 356 g/mol. The highest BCUT2D eigenvalue weighted by Gasteiger charge is 2.08. The Labute approximate surface area is 152 Å². The van der Waals surface area contributed by atoms with E-state index in [1.54, 1.807) is 30.3 Å². The number of benzene rings is 2. The van der Waals surface area contributed by atoms with Crippen molar-refractivity contribution >= 4 is 28.9 Å². The summed E-state index contributed by atoms with van der Waals surface area (Å²) in [5.41, 5.74) is 1.25. The molecule has 0 atom stereocenters. The van der Waals surface area contributed by atoms with E-state index in [4.69, 9.17) is 21.7 Å². The molecule has 0 fully saturated rings. The first-order valence-electron chi connectivity index (χ1n) is 7.81. The van der Waals surface area contributed by atoms with Gasteiger partial charge < -0.3 is 14.8 Å². The Morgan fingerprint density at radius 3 is 2.28 bits per heavy atom. The second-order valence-electron chi connectivity index (χ2n) is 4.99. The molecule has 0 unspecified atom stereocenters. The summed E-state index contributed by atoms with van der Waals surface area (Å²) in [6, 6.07) is 14.1. The number of carbonyl (C=O) groups is 1. The smallest absolute Gasteiger partial charge is 0.257 e. The van der Waals surface area contributed by atoms with Crippen LogP contribution in [0.1, 0.15) is 17.3 Å². The van der Waals surface area contributed by atoms with Crippen LogP contribution in [0.25, 0.3) is 0 Å². The van der Waals surface area contributed by atoms with Gasteiger partial charge in [-0.15, -0.1) is 0 Å². The molecule has 0 bridgehead atoms. The van der Waals surface area contributed by atoms with Crippen molar-refractivity contribution in [1.29, 1.82) is 0 Å². The zero-order chi connectivity index (χ0) is 18.1. The molecule has 0 saturated carbocycles. The lowest BCUT2D eigenvalue weighted by Gasteiger charge is -2.11. The lowest BCUT2D eigenvalue weighted by Crippen LogP contribution is -2.34. The quantitative estimate of drug-likeness (QED) is 0.584. The summed E-state index contributed by atoms with van der Waals surface area (Å²) < 4.78 is 10.8. The molecule has 2 N–H and O–H groups in total. The van der Waals surface area contributed by atoms with Crippen molar-refractivity contribution in [3.05, 3.63) is 66.7 Å². The van der Waals surface area contributed by atoms with E-state index in [1.165, 1.54) is 0 Å². The van der Waals surface area contributed by atoms with Gasteiger partial charge in [0.05, 0.1) is 6.61 Å². The molecule has 0 spiro atoms. The van der Waals surface area contributed by atoms with Gasteiger partial charge in [-0.1, -0.05) is 12.7 Å². The summed E-state index contributed by atoms with van der Waals surface area (Å²) >= 11 is 5.17. The van der Waals surface area contributed by atoms with Gasteiger partial charge in [-0.05, 0) is 67.7 Å². The Morgan fingerprint density at radius 1 is 1.08 bits per heavy atom. The second kappa shape index (κ2) is 9.44. The molecule has 2 aromatic rings. The highest BCUT2D eigenvalue weighted by Crippen LogP contribution is 2.16. The number of rotatable bonds is 7. The Balaban J connectivity index is 1.88. The second-order valence-corrected chi connectivity index (χ2v) is 5.40. The van der Waals surface area contributed by atoms with Gasteiger partial charge in [0.25, 0.3) is 5.91 Å². The Hall–Kier alpha value is -2.86. The summed E-state index contributed by atoms with van der Waals surface area (Å²) in [4.78, 5) is 12.2.